The number of alkyl halides is 3. The van der Waals surface area contributed by atoms with E-state index in [0.29, 0.717) is 25.0 Å². The standard InChI is InChI=1S/C23H19ClF4N4O3S/c24-16-8-13(9-29-20(16)32-6-2-3-12(10-32)7-18(33)34)21(35)31-22-30-17(11-36-22)14-4-1-5-15(19(14)25)23(26,27)28/h1,4-5,8-9,11-12H,2-3,6-7,10H2,(H,33,34)(H,30,31,35). The number of halogens is 5. The van der Waals surface area contributed by atoms with Gasteiger partial charge in [0.1, 0.15) is 11.6 Å². The number of carbonyl (C=O) groups excluding carboxylic acids is 1. The Balaban J connectivity index is 1.47. The van der Waals surface area contributed by atoms with Crippen LogP contribution in [0.4, 0.5) is 28.5 Å². The summed E-state index contributed by atoms with van der Waals surface area (Å²) in [5.74, 6) is -2.50. The van der Waals surface area contributed by atoms with Crippen molar-refractivity contribution in [2.75, 3.05) is 23.3 Å². The number of hydrogen-bond acceptors (Lipinski definition) is 6. The van der Waals surface area contributed by atoms with Crippen LogP contribution in [-0.4, -0.2) is 40.0 Å². The highest BCUT2D eigenvalue weighted by Gasteiger charge is 2.35. The second-order valence-electron chi connectivity index (χ2n) is 8.24. The number of hydrogen-bond donors (Lipinski definition) is 2. The fourth-order valence-electron chi connectivity index (χ4n) is 4.03. The fraction of sp³-hybridized carbons (Fsp3) is 0.304. The Bertz CT molecular complexity index is 1300. The number of benzene rings is 1. The zero-order chi connectivity index (χ0) is 26.0. The first-order valence-corrected chi connectivity index (χ1v) is 12.0. The number of aliphatic carboxylic acids is 1. The minimum Gasteiger partial charge on any atom is -0.481 e. The second-order valence-corrected chi connectivity index (χ2v) is 9.50. The lowest BCUT2D eigenvalue weighted by Gasteiger charge is -2.33. The first-order valence-electron chi connectivity index (χ1n) is 10.8. The summed E-state index contributed by atoms with van der Waals surface area (Å²) in [4.78, 5) is 33.9. The van der Waals surface area contributed by atoms with Crippen LogP contribution in [0.2, 0.25) is 5.02 Å². The van der Waals surface area contributed by atoms with Gasteiger partial charge >= 0.3 is 12.1 Å². The van der Waals surface area contributed by atoms with Gasteiger partial charge in [0.05, 0.1) is 21.8 Å². The van der Waals surface area contributed by atoms with Gasteiger partial charge in [-0.05, 0) is 37.0 Å². The first kappa shape index (κ1) is 25.8. The molecule has 0 aliphatic carbocycles. The van der Waals surface area contributed by atoms with E-state index in [4.69, 9.17) is 16.7 Å². The Morgan fingerprint density at radius 3 is 2.78 bits per heavy atom. The van der Waals surface area contributed by atoms with Gasteiger partial charge in [-0.2, -0.15) is 13.2 Å². The number of carboxylic acid groups (broad SMARTS) is 1. The predicted molar refractivity (Wildman–Crippen MR) is 127 cm³/mol. The number of thiazole rings is 1. The molecule has 3 heterocycles. The van der Waals surface area contributed by atoms with Crippen molar-refractivity contribution in [3.05, 3.63) is 57.8 Å². The summed E-state index contributed by atoms with van der Waals surface area (Å²) >= 11 is 7.29. The zero-order valence-corrected chi connectivity index (χ0v) is 20.1. The Labute approximate surface area is 211 Å². The molecule has 2 aromatic heterocycles. The van der Waals surface area contributed by atoms with E-state index in [1.54, 1.807) is 0 Å². The summed E-state index contributed by atoms with van der Waals surface area (Å²) in [6.07, 6.45) is -1.90. The van der Waals surface area contributed by atoms with E-state index in [1.807, 2.05) is 4.90 Å². The Kier molecular flexibility index (Phi) is 7.46. The summed E-state index contributed by atoms with van der Waals surface area (Å²) in [6, 6.07) is 4.32. The van der Waals surface area contributed by atoms with Gasteiger partial charge in [0.15, 0.2) is 5.13 Å². The van der Waals surface area contributed by atoms with Crippen LogP contribution in [0, 0.1) is 11.7 Å². The molecule has 13 heteroatoms. The molecule has 4 rings (SSSR count). The monoisotopic (exact) mass is 542 g/mol. The van der Waals surface area contributed by atoms with Crippen LogP contribution in [0.5, 0.6) is 0 Å². The number of aromatic nitrogens is 2. The molecule has 1 amide bonds. The minimum absolute atomic E-state index is 0.0298. The smallest absolute Gasteiger partial charge is 0.419 e. The van der Waals surface area contributed by atoms with Crippen LogP contribution in [-0.2, 0) is 11.0 Å². The van der Waals surface area contributed by atoms with Crippen LogP contribution in [0.15, 0.2) is 35.8 Å². The van der Waals surface area contributed by atoms with Gasteiger partial charge < -0.3 is 10.0 Å². The van der Waals surface area contributed by atoms with Crippen molar-refractivity contribution in [2.45, 2.75) is 25.4 Å². The number of rotatable bonds is 6. The number of carbonyl (C=O) groups is 2. The van der Waals surface area contributed by atoms with Gasteiger partial charge in [0, 0.05) is 36.7 Å². The maximum atomic E-state index is 14.4. The van der Waals surface area contributed by atoms with Crippen molar-refractivity contribution in [2.24, 2.45) is 5.92 Å². The maximum Gasteiger partial charge on any atom is 0.419 e. The van der Waals surface area contributed by atoms with E-state index in [-0.39, 0.29) is 39.3 Å². The summed E-state index contributed by atoms with van der Waals surface area (Å²) in [5, 5.41) is 13.2. The molecule has 3 aromatic rings. The number of pyridine rings is 1. The molecule has 1 aromatic carbocycles. The SMILES string of the molecule is O=C(O)CC1CCCN(c2ncc(C(=O)Nc3nc(-c4cccc(C(F)(F)F)c4F)cs3)cc2Cl)C1. The van der Waals surface area contributed by atoms with Gasteiger partial charge in [0.2, 0.25) is 0 Å². The van der Waals surface area contributed by atoms with Crippen LogP contribution in [0.25, 0.3) is 11.3 Å². The van der Waals surface area contributed by atoms with Crippen molar-refractivity contribution >= 4 is 45.8 Å². The third-order valence-corrected chi connectivity index (χ3v) is 6.71. The molecule has 1 aliphatic heterocycles. The Morgan fingerprint density at radius 2 is 2.08 bits per heavy atom. The molecule has 1 atom stereocenters. The molecular formula is C23H19ClF4N4O3S. The summed E-state index contributed by atoms with van der Waals surface area (Å²) in [7, 11) is 0. The molecule has 0 bridgehead atoms. The molecule has 1 fully saturated rings. The Hall–Kier alpha value is -3.25. The van der Waals surface area contributed by atoms with Crippen LogP contribution in [0.1, 0.15) is 35.2 Å². The molecule has 190 valence electrons. The summed E-state index contributed by atoms with van der Waals surface area (Å²) in [5.41, 5.74) is -1.67. The first-order chi connectivity index (χ1) is 17.0. The highest BCUT2D eigenvalue weighted by Crippen LogP contribution is 2.36. The van der Waals surface area contributed by atoms with E-state index in [1.165, 1.54) is 23.7 Å². The average molecular weight is 543 g/mol. The quantitative estimate of drug-likeness (QED) is 0.373. The maximum absolute atomic E-state index is 14.4. The van der Waals surface area contributed by atoms with Crippen molar-refractivity contribution in [1.82, 2.24) is 9.97 Å². The molecule has 0 saturated carbocycles. The van der Waals surface area contributed by atoms with Gasteiger partial charge in [-0.1, -0.05) is 17.7 Å². The average Bonchev–Trinajstić information content (AvgIpc) is 3.26. The molecule has 0 radical (unpaired) electrons. The minimum atomic E-state index is -4.85. The van der Waals surface area contributed by atoms with Crippen LogP contribution < -0.4 is 10.2 Å². The lowest BCUT2D eigenvalue weighted by atomic mass is 9.95. The highest BCUT2D eigenvalue weighted by molar-refractivity contribution is 7.14. The van der Waals surface area contributed by atoms with Crippen LogP contribution >= 0.6 is 22.9 Å². The highest BCUT2D eigenvalue weighted by atomic mass is 35.5. The number of carboxylic acids is 1. The fourth-order valence-corrected chi connectivity index (χ4v) is 5.02. The molecule has 1 unspecified atom stereocenters. The van der Waals surface area contributed by atoms with Crippen molar-refractivity contribution in [1.29, 1.82) is 0 Å². The van der Waals surface area contributed by atoms with Gasteiger partial charge in [-0.3, -0.25) is 14.9 Å². The number of amides is 1. The van der Waals surface area contributed by atoms with E-state index in [9.17, 15) is 27.2 Å². The normalized spacial score (nSPS) is 16.1. The molecule has 36 heavy (non-hydrogen) atoms. The van der Waals surface area contributed by atoms with Gasteiger partial charge in [-0.25, -0.2) is 14.4 Å². The lowest BCUT2D eigenvalue weighted by Crippen LogP contribution is -2.37. The molecular weight excluding hydrogens is 524 g/mol. The molecule has 7 nitrogen and oxygen atoms in total. The third-order valence-electron chi connectivity index (χ3n) is 5.67. The predicted octanol–water partition coefficient (Wildman–Crippen LogP) is 5.96. The number of anilines is 2. The second kappa shape index (κ2) is 10.4. The zero-order valence-electron chi connectivity index (χ0n) is 18.5. The number of nitrogens with one attached hydrogen (secondary N) is 1. The topological polar surface area (TPSA) is 95.4 Å². The Morgan fingerprint density at radius 1 is 1.31 bits per heavy atom. The van der Waals surface area contributed by atoms with Crippen molar-refractivity contribution in [3.63, 3.8) is 0 Å². The lowest BCUT2D eigenvalue weighted by molar-refractivity contribution is -0.140. The number of nitrogens with zero attached hydrogens (tertiary/aromatic N) is 3. The molecule has 2 N–H and O–H groups in total. The summed E-state index contributed by atoms with van der Waals surface area (Å²) in [6.45, 7) is 1.14. The molecule has 1 aliphatic rings. The van der Waals surface area contributed by atoms with Crippen molar-refractivity contribution in [3.8, 4) is 11.3 Å². The van der Waals surface area contributed by atoms with E-state index in [0.717, 1.165) is 30.2 Å². The third kappa shape index (κ3) is 5.76. The number of piperidine rings is 1. The van der Waals surface area contributed by atoms with Gasteiger partial charge in [-0.15, -0.1) is 11.3 Å². The van der Waals surface area contributed by atoms with Gasteiger partial charge in [0.25, 0.3) is 5.91 Å². The van der Waals surface area contributed by atoms with Crippen molar-refractivity contribution < 1.29 is 32.3 Å². The summed E-state index contributed by atoms with van der Waals surface area (Å²) < 4.78 is 53.4. The van der Waals surface area contributed by atoms with E-state index >= 15 is 0 Å². The van der Waals surface area contributed by atoms with Crippen LogP contribution in [0.3, 0.4) is 0 Å². The van der Waals surface area contributed by atoms with E-state index in [2.05, 4.69) is 15.3 Å². The molecule has 0 spiro atoms. The largest absolute Gasteiger partial charge is 0.481 e. The van der Waals surface area contributed by atoms with E-state index < -0.39 is 29.4 Å². The molecule has 1 saturated heterocycles.